The highest BCUT2D eigenvalue weighted by Gasteiger charge is 2.47. The van der Waals surface area contributed by atoms with Gasteiger partial charge < -0.3 is 20.3 Å². The molecular formula is C18H24N6O4. The van der Waals surface area contributed by atoms with Gasteiger partial charge in [-0.2, -0.15) is 0 Å². The fourth-order valence-electron chi connectivity index (χ4n) is 2.94. The van der Waals surface area contributed by atoms with Crippen molar-refractivity contribution in [3.63, 3.8) is 0 Å². The molecule has 10 nitrogen and oxygen atoms in total. The Morgan fingerprint density at radius 1 is 1.29 bits per heavy atom. The van der Waals surface area contributed by atoms with Crippen LogP contribution in [-0.2, 0) is 9.53 Å². The molecule has 1 aliphatic heterocycles. The van der Waals surface area contributed by atoms with Crippen LogP contribution in [0.2, 0.25) is 0 Å². The van der Waals surface area contributed by atoms with Crippen LogP contribution in [-0.4, -0.2) is 60.5 Å². The van der Waals surface area contributed by atoms with Gasteiger partial charge in [0.15, 0.2) is 29.3 Å². The van der Waals surface area contributed by atoms with E-state index in [2.05, 4.69) is 44.5 Å². The van der Waals surface area contributed by atoms with Crippen LogP contribution in [0.1, 0.15) is 39.3 Å². The first-order chi connectivity index (χ1) is 13.6. The number of unbranched alkanes of at least 4 members (excludes halogenated alkanes) is 2. The zero-order valence-corrected chi connectivity index (χ0v) is 15.8. The number of amides is 1. The highest BCUT2D eigenvalue weighted by Crippen LogP contribution is 2.32. The number of hydrogen-bond donors (Lipinski definition) is 4. The molecule has 3 heterocycles. The number of aromatic nitrogens is 4. The molecule has 1 fully saturated rings. The Hall–Kier alpha value is -2.74. The largest absolute Gasteiger partial charge is 0.387 e. The number of anilines is 1. The van der Waals surface area contributed by atoms with Gasteiger partial charge in [0.25, 0.3) is 5.91 Å². The van der Waals surface area contributed by atoms with Crippen LogP contribution in [0, 0.1) is 12.0 Å². The van der Waals surface area contributed by atoms with Crippen molar-refractivity contribution in [1.29, 1.82) is 0 Å². The molecule has 1 aliphatic rings. The monoisotopic (exact) mass is 388 g/mol. The number of imidazole rings is 1. The van der Waals surface area contributed by atoms with Gasteiger partial charge in [-0.3, -0.25) is 14.7 Å². The van der Waals surface area contributed by atoms with Gasteiger partial charge in [-0.1, -0.05) is 19.3 Å². The number of rotatable bonds is 6. The van der Waals surface area contributed by atoms with Crippen molar-refractivity contribution in [3.05, 3.63) is 12.7 Å². The van der Waals surface area contributed by atoms with E-state index in [-0.39, 0.29) is 0 Å². The molecule has 1 saturated heterocycles. The molecule has 0 spiro atoms. The van der Waals surface area contributed by atoms with Gasteiger partial charge in [0, 0.05) is 19.0 Å². The van der Waals surface area contributed by atoms with Gasteiger partial charge in [-0.05, 0) is 13.3 Å². The highest BCUT2D eigenvalue weighted by atomic mass is 16.6. The van der Waals surface area contributed by atoms with Crippen molar-refractivity contribution in [2.75, 3.05) is 11.9 Å². The second-order valence-electron chi connectivity index (χ2n) is 6.40. The summed E-state index contributed by atoms with van der Waals surface area (Å²) in [5.41, 5.74) is 0.833. The zero-order chi connectivity index (χ0) is 20.1. The molecule has 4 atom stereocenters. The van der Waals surface area contributed by atoms with Crippen LogP contribution in [0.15, 0.2) is 12.7 Å². The number of ether oxygens (including phenoxy) is 1. The van der Waals surface area contributed by atoms with Crippen molar-refractivity contribution in [1.82, 2.24) is 24.8 Å². The van der Waals surface area contributed by atoms with E-state index >= 15 is 0 Å². The normalized spacial score (nSPS) is 24.0. The fraction of sp³-hybridized carbons (Fsp3) is 0.556. The molecule has 150 valence electrons. The van der Waals surface area contributed by atoms with Crippen LogP contribution in [0.3, 0.4) is 0 Å². The smallest absolute Gasteiger partial charge is 0.252 e. The van der Waals surface area contributed by atoms with Crippen molar-refractivity contribution in [2.24, 2.45) is 0 Å². The van der Waals surface area contributed by atoms with Crippen LogP contribution in [0.4, 0.5) is 5.82 Å². The van der Waals surface area contributed by atoms with Crippen LogP contribution in [0.25, 0.3) is 11.2 Å². The number of likely N-dealkylation sites (N-methyl/N-ethyl adjacent to an activating group) is 1. The Kier molecular flexibility index (Phi) is 6.41. The number of hydrogen-bond acceptors (Lipinski definition) is 8. The van der Waals surface area contributed by atoms with Gasteiger partial charge in [0.1, 0.15) is 18.5 Å². The molecule has 4 N–H and O–H groups in total. The minimum absolute atomic E-state index is 0.389. The number of carbonyl (C=O) groups excluding carboxylic acids is 1. The van der Waals surface area contributed by atoms with E-state index in [1.165, 1.54) is 17.2 Å². The Labute approximate surface area is 162 Å². The average Bonchev–Trinajstić information content (AvgIpc) is 3.24. The van der Waals surface area contributed by atoms with Gasteiger partial charge in [-0.25, -0.2) is 15.0 Å². The molecule has 1 unspecified atom stereocenters. The summed E-state index contributed by atoms with van der Waals surface area (Å²) in [4.78, 5) is 24.7. The maximum absolute atomic E-state index is 12.0. The first kappa shape index (κ1) is 20.0. The third kappa shape index (κ3) is 3.91. The average molecular weight is 388 g/mol. The Balaban J connectivity index is 1.83. The Morgan fingerprint density at radius 2 is 2.11 bits per heavy atom. The molecule has 28 heavy (non-hydrogen) atoms. The van der Waals surface area contributed by atoms with Crippen molar-refractivity contribution < 1.29 is 19.7 Å². The molecule has 2 aromatic heterocycles. The predicted octanol–water partition coefficient (Wildman–Crippen LogP) is 0.145. The second kappa shape index (κ2) is 8.97. The standard InChI is InChI=1S/C18H24N6O4/c1-3-5-6-7-8-20-15-11-16(22-9-21-15)24(10-23-11)18-13(26)12(25)14(28-18)17(27)19-4-2/h9-10,12-14,18,25-26H,3-6H2,1-2H3,(H,19,27)(H,20,21,22)/t12-,13+,14-,18?/m0/s1. The van der Waals surface area contributed by atoms with Crippen LogP contribution >= 0.6 is 0 Å². The number of nitrogens with zero attached hydrogens (tertiary/aromatic N) is 4. The van der Waals surface area contributed by atoms with Crippen molar-refractivity contribution >= 4 is 22.9 Å². The summed E-state index contributed by atoms with van der Waals surface area (Å²) in [6.45, 7) is 4.25. The zero-order valence-electron chi connectivity index (χ0n) is 15.8. The van der Waals surface area contributed by atoms with Gasteiger partial charge in [0.2, 0.25) is 0 Å². The minimum atomic E-state index is -1.36. The predicted molar refractivity (Wildman–Crippen MR) is 101 cm³/mol. The summed E-state index contributed by atoms with van der Waals surface area (Å²) in [7, 11) is 0. The summed E-state index contributed by atoms with van der Waals surface area (Å²) in [5.74, 6) is 2.95. The van der Waals surface area contributed by atoms with Gasteiger partial charge in [0.05, 0.1) is 6.33 Å². The Bertz CT molecular complexity index is 889. The van der Waals surface area contributed by atoms with E-state index in [0.717, 1.165) is 19.3 Å². The third-order valence-electron chi connectivity index (χ3n) is 4.41. The fourth-order valence-corrected chi connectivity index (χ4v) is 2.94. The van der Waals surface area contributed by atoms with E-state index in [1.807, 2.05) is 0 Å². The first-order valence-corrected chi connectivity index (χ1v) is 9.29. The molecule has 3 rings (SSSR count). The Morgan fingerprint density at radius 3 is 2.86 bits per heavy atom. The van der Waals surface area contributed by atoms with E-state index in [1.54, 1.807) is 6.92 Å². The minimum Gasteiger partial charge on any atom is -0.387 e. The van der Waals surface area contributed by atoms with E-state index in [9.17, 15) is 15.0 Å². The number of aliphatic hydroxyl groups is 2. The number of carbonyl (C=O) groups is 1. The summed E-state index contributed by atoms with van der Waals surface area (Å²) in [6.07, 6.45) is 0.784. The van der Waals surface area contributed by atoms with Crippen LogP contribution in [0.5, 0.6) is 0 Å². The van der Waals surface area contributed by atoms with E-state index in [4.69, 9.17) is 4.74 Å². The van der Waals surface area contributed by atoms with Gasteiger partial charge >= 0.3 is 0 Å². The molecular weight excluding hydrogens is 364 g/mol. The van der Waals surface area contributed by atoms with E-state index in [0.29, 0.717) is 23.5 Å². The molecule has 0 saturated carbocycles. The maximum Gasteiger partial charge on any atom is 0.252 e. The lowest BCUT2D eigenvalue weighted by atomic mass is 10.1. The molecule has 0 aliphatic carbocycles. The molecule has 2 aromatic rings. The van der Waals surface area contributed by atoms with E-state index < -0.39 is 30.4 Å². The summed E-state index contributed by atoms with van der Waals surface area (Å²) < 4.78 is 7.09. The SMILES string of the molecule is CCCCC#CNc1ncnc2c1ncn2C1O[C@H](C(=O)NCC)[C@@H](O)[C@H]1O. The second-order valence-corrected chi connectivity index (χ2v) is 6.40. The summed E-state index contributed by atoms with van der Waals surface area (Å²) >= 11 is 0. The number of aliphatic hydroxyl groups excluding tert-OH is 2. The third-order valence-corrected chi connectivity index (χ3v) is 4.41. The van der Waals surface area contributed by atoms with Crippen LogP contribution < -0.4 is 10.6 Å². The quantitative estimate of drug-likeness (QED) is 0.312. The molecule has 0 bridgehead atoms. The number of fused-ring (bicyclic) bond motifs is 1. The van der Waals surface area contributed by atoms with Gasteiger partial charge in [-0.15, -0.1) is 0 Å². The summed E-state index contributed by atoms with van der Waals surface area (Å²) in [5, 5.41) is 26.1. The highest BCUT2D eigenvalue weighted by molar-refractivity contribution is 5.84. The lowest BCUT2D eigenvalue weighted by Crippen LogP contribution is -2.42. The molecule has 0 aromatic carbocycles. The maximum atomic E-state index is 12.0. The molecule has 10 heteroatoms. The topological polar surface area (TPSA) is 134 Å². The lowest BCUT2D eigenvalue weighted by Gasteiger charge is -2.16. The molecule has 0 radical (unpaired) electrons. The first-order valence-electron chi connectivity index (χ1n) is 9.29. The number of nitrogens with one attached hydrogen (secondary N) is 2. The van der Waals surface area contributed by atoms with Crippen molar-refractivity contribution in [2.45, 2.75) is 57.6 Å². The molecule has 1 amide bonds. The van der Waals surface area contributed by atoms with Crippen molar-refractivity contribution in [3.8, 4) is 12.0 Å². The lowest BCUT2D eigenvalue weighted by molar-refractivity contribution is -0.137. The summed E-state index contributed by atoms with van der Waals surface area (Å²) in [6, 6.07) is 2.85.